The van der Waals surface area contributed by atoms with E-state index in [0.29, 0.717) is 19.6 Å². The first-order valence-corrected chi connectivity index (χ1v) is 20.8. The zero-order valence-electron chi connectivity index (χ0n) is 30.8. The minimum absolute atomic E-state index is 0.0127. The van der Waals surface area contributed by atoms with E-state index in [1.807, 2.05) is 60.7 Å². The van der Waals surface area contributed by atoms with Gasteiger partial charge in [0.2, 0.25) is 0 Å². The molecule has 2 aromatic rings. The van der Waals surface area contributed by atoms with Gasteiger partial charge in [-0.2, -0.15) is 0 Å². The van der Waals surface area contributed by atoms with Crippen molar-refractivity contribution in [1.82, 2.24) is 0 Å². The second-order valence-corrected chi connectivity index (χ2v) is 20.9. The first-order chi connectivity index (χ1) is 23.2. The molecule has 49 heavy (non-hydrogen) atoms. The molecule has 0 spiro atoms. The number of methoxy groups -OCH3 is 1. The highest BCUT2D eigenvalue weighted by atomic mass is 28.4. The zero-order valence-corrected chi connectivity index (χ0v) is 31.8. The summed E-state index contributed by atoms with van der Waals surface area (Å²) in [7, 11) is -0.519. The maximum atomic E-state index is 14.1. The van der Waals surface area contributed by atoms with E-state index in [1.54, 1.807) is 7.11 Å². The summed E-state index contributed by atoms with van der Waals surface area (Å²) in [4.78, 5) is 14.1. The summed E-state index contributed by atoms with van der Waals surface area (Å²) < 4.78 is 38.7. The van der Waals surface area contributed by atoms with Crippen LogP contribution >= 0.6 is 0 Å². The van der Waals surface area contributed by atoms with Crippen LogP contribution in [-0.4, -0.2) is 70.2 Å². The molecule has 2 aromatic carbocycles. The maximum Gasteiger partial charge on any atom is 0.191 e. The molecule has 1 heterocycles. The lowest BCUT2D eigenvalue weighted by atomic mass is 9.73. The number of rotatable bonds is 12. The topological polar surface area (TPSA) is 92.7 Å². The Balaban J connectivity index is 1.58. The lowest BCUT2D eigenvalue weighted by Gasteiger charge is -2.50. The number of Topliss-reactive ketones (excluding diaryl/α,β-unsaturated/α-hetero) is 1. The number of ketones is 1. The van der Waals surface area contributed by atoms with Gasteiger partial charge in [0.25, 0.3) is 0 Å². The molecule has 1 saturated heterocycles. The summed E-state index contributed by atoms with van der Waals surface area (Å²) in [6, 6.07) is 20.0. The molecular formula is C40H58O8Si. The monoisotopic (exact) mass is 694 g/mol. The van der Waals surface area contributed by atoms with Gasteiger partial charge in [0.15, 0.2) is 20.4 Å². The molecular weight excluding hydrogens is 637 g/mol. The van der Waals surface area contributed by atoms with E-state index in [4.69, 9.17) is 28.1 Å². The summed E-state index contributed by atoms with van der Waals surface area (Å²) in [5, 5.41) is 11.8. The van der Waals surface area contributed by atoms with Crippen molar-refractivity contribution in [1.29, 1.82) is 0 Å². The third-order valence-electron chi connectivity index (χ3n) is 11.7. The smallest absolute Gasteiger partial charge is 0.191 e. The number of allylic oxidation sites excluding steroid dienone is 1. The quantitative estimate of drug-likeness (QED) is 0.137. The Hall–Kier alpha value is -2.21. The summed E-state index contributed by atoms with van der Waals surface area (Å²) in [6.07, 6.45) is 1.48. The van der Waals surface area contributed by atoms with E-state index in [-0.39, 0.29) is 42.0 Å². The van der Waals surface area contributed by atoms with Gasteiger partial charge in [-0.05, 0) is 54.8 Å². The Kier molecular flexibility index (Phi) is 12.1. The van der Waals surface area contributed by atoms with Gasteiger partial charge in [-0.1, -0.05) is 107 Å². The molecule has 3 aliphatic rings. The first kappa shape index (κ1) is 38.0. The SMILES string of the molecule is COCO[C@H]1C(=O)[C@@H](O)C[C@@H]([C@]2(OCc3ccccc3)CO[C@@H](c3ccccc3)O[C@@H]2CCO[Si](C)(C)C(C)(C)C)/C=C2\CC[C@H]1C2(C)C. The second kappa shape index (κ2) is 15.6. The number of carbonyl (C=O) groups excluding carboxylic acids is 1. The molecule has 270 valence electrons. The summed E-state index contributed by atoms with van der Waals surface area (Å²) >= 11 is 0. The molecule has 2 aliphatic carbocycles. The fourth-order valence-corrected chi connectivity index (χ4v) is 8.57. The fraction of sp³-hybridized carbons (Fsp3) is 0.625. The molecule has 9 heteroatoms. The summed E-state index contributed by atoms with van der Waals surface area (Å²) in [5.74, 6) is -0.808. The van der Waals surface area contributed by atoms with Crippen molar-refractivity contribution in [2.75, 3.05) is 27.1 Å². The van der Waals surface area contributed by atoms with Crippen LogP contribution in [0.25, 0.3) is 0 Å². The van der Waals surface area contributed by atoms with Crippen LogP contribution in [0.2, 0.25) is 18.1 Å². The predicted molar refractivity (Wildman–Crippen MR) is 192 cm³/mol. The predicted octanol–water partition coefficient (Wildman–Crippen LogP) is 7.77. The number of aliphatic hydroxyl groups is 1. The lowest BCUT2D eigenvalue weighted by Crippen LogP contribution is -2.60. The number of hydrogen-bond acceptors (Lipinski definition) is 8. The highest BCUT2D eigenvalue weighted by Crippen LogP contribution is 2.53. The van der Waals surface area contributed by atoms with E-state index in [1.165, 1.54) is 5.57 Å². The summed E-state index contributed by atoms with van der Waals surface area (Å²) in [5.41, 5.74) is 1.80. The van der Waals surface area contributed by atoms with Gasteiger partial charge in [-0.15, -0.1) is 0 Å². The van der Waals surface area contributed by atoms with Crippen molar-refractivity contribution >= 4 is 14.1 Å². The van der Waals surface area contributed by atoms with Crippen LogP contribution in [0, 0.1) is 17.3 Å². The Bertz CT molecular complexity index is 1400. The average Bonchev–Trinajstić information content (AvgIpc) is 3.37. The van der Waals surface area contributed by atoms with Gasteiger partial charge in [-0.25, -0.2) is 0 Å². The molecule has 2 fully saturated rings. The van der Waals surface area contributed by atoms with Gasteiger partial charge >= 0.3 is 0 Å². The van der Waals surface area contributed by atoms with Crippen molar-refractivity contribution in [2.45, 2.75) is 115 Å². The minimum Gasteiger partial charge on any atom is -0.417 e. The number of benzene rings is 2. The zero-order chi connectivity index (χ0) is 35.5. The summed E-state index contributed by atoms with van der Waals surface area (Å²) in [6.45, 7) is 16.6. The van der Waals surface area contributed by atoms with E-state index in [9.17, 15) is 9.90 Å². The van der Waals surface area contributed by atoms with E-state index < -0.39 is 44.4 Å². The van der Waals surface area contributed by atoms with Gasteiger partial charge in [0, 0.05) is 31.1 Å². The standard InChI is InChI=1S/C40H58O8Si/c1-38(2,3)49(7,8)47-22-21-34-40(46-25-28-15-11-9-12-16-28,26-44-37(48-34)29-17-13-10-14-18-29)31-23-30-19-20-32(39(30,4)5)36(45-27-43-6)35(42)33(41)24-31/h9-18,23,31-34,36-37,41H,19-22,24-27H2,1-8H3/b30-23+/t31-,32+,33-,34+,36+,37+,40+/m0/s1. The molecule has 8 nitrogen and oxygen atoms in total. The third kappa shape index (κ3) is 8.31. The number of carbonyl (C=O) groups is 1. The first-order valence-electron chi connectivity index (χ1n) is 17.9. The second-order valence-electron chi connectivity index (χ2n) is 16.1. The maximum absolute atomic E-state index is 14.1. The normalized spacial score (nSPS) is 31.8. The van der Waals surface area contributed by atoms with E-state index in [0.717, 1.165) is 24.0 Å². The molecule has 0 radical (unpaired) electrons. The third-order valence-corrected chi connectivity index (χ3v) is 16.2. The van der Waals surface area contributed by atoms with E-state index >= 15 is 0 Å². The highest BCUT2D eigenvalue weighted by Gasteiger charge is 2.55. The highest BCUT2D eigenvalue weighted by molar-refractivity contribution is 6.74. The number of fused-ring (bicyclic) bond motifs is 2. The van der Waals surface area contributed by atoms with Gasteiger partial charge in [-0.3, -0.25) is 4.79 Å². The largest absolute Gasteiger partial charge is 0.417 e. The molecule has 0 unspecified atom stereocenters. The number of aliphatic hydroxyl groups excluding tert-OH is 1. The number of ether oxygens (including phenoxy) is 5. The molecule has 0 aromatic heterocycles. The minimum atomic E-state index is -2.07. The van der Waals surface area contributed by atoms with Crippen LogP contribution in [0.5, 0.6) is 0 Å². The molecule has 1 saturated carbocycles. The van der Waals surface area contributed by atoms with Crippen molar-refractivity contribution in [3.63, 3.8) is 0 Å². The number of hydrogen-bond donors (Lipinski definition) is 1. The van der Waals surface area contributed by atoms with Crippen molar-refractivity contribution in [3.8, 4) is 0 Å². The molecule has 7 atom stereocenters. The van der Waals surface area contributed by atoms with Crippen LogP contribution in [-0.2, 0) is 39.5 Å². The van der Waals surface area contributed by atoms with Crippen LogP contribution < -0.4 is 0 Å². The van der Waals surface area contributed by atoms with E-state index in [2.05, 4.69) is 53.8 Å². The Morgan fingerprint density at radius 3 is 2.35 bits per heavy atom. The molecule has 1 N–H and O–H groups in total. The van der Waals surface area contributed by atoms with Crippen molar-refractivity contribution in [3.05, 3.63) is 83.4 Å². The van der Waals surface area contributed by atoms with Crippen LogP contribution in [0.4, 0.5) is 0 Å². The Labute approximate surface area is 294 Å². The van der Waals surface area contributed by atoms with Gasteiger partial charge in [0.05, 0.1) is 19.3 Å². The van der Waals surface area contributed by atoms with Crippen LogP contribution in [0.3, 0.4) is 0 Å². The molecule has 5 rings (SSSR count). The fourth-order valence-electron chi connectivity index (χ4n) is 7.51. The van der Waals surface area contributed by atoms with Crippen molar-refractivity contribution < 1.29 is 38.0 Å². The average molecular weight is 695 g/mol. The van der Waals surface area contributed by atoms with Crippen molar-refractivity contribution in [2.24, 2.45) is 17.3 Å². The molecule has 0 amide bonds. The Morgan fingerprint density at radius 2 is 1.69 bits per heavy atom. The van der Waals surface area contributed by atoms with Gasteiger partial charge in [0.1, 0.15) is 24.6 Å². The van der Waals surface area contributed by atoms with Crippen LogP contribution in [0.1, 0.15) is 77.7 Å². The Morgan fingerprint density at radius 1 is 1.02 bits per heavy atom. The molecule has 1 aliphatic heterocycles. The lowest BCUT2D eigenvalue weighted by molar-refractivity contribution is -0.320. The molecule has 2 bridgehead atoms. The van der Waals surface area contributed by atoms with Crippen LogP contribution in [0.15, 0.2) is 72.3 Å². The van der Waals surface area contributed by atoms with Gasteiger partial charge < -0.3 is 33.2 Å².